The van der Waals surface area contributed by atoms with Crippen LogP contribution in [0.25, 0.3) is 0 Å². The third-order valence-electron chi connectivity index (χ3n) is 2.11. The van der Waals surface area contributed by atoms with Gasteiger partial charge in [0.2, 0.25) is 0 Å². The minimum atomic E-state index is 0.191. The predicted octanol–water partition coefficient (Wildman–Crippen LogP) is 3.08. The largest absolute Gasteiger partial charge is 0.384 e. The summed E-state index contributed by atoms with van der Waals surface area (Å²) in [6.45, 7) is 2.81. The monoisotopic (exact) mass is 303 g/mol. The Hall–Kier alpha value is -0.0300. The first kappa shape index (κ1) is 14.0. The fourth-order valence-electron chi connectivity index (χ4n) is 1.43. The fourth-order valence-corrected chi connectivity index (χ4v) is 2.80. The summed E-state index contributed by atoms with van der Waals surface area (Å²) >= 11 is 5.31. The quantitative estimate of drug-likeness (QED) is 0.648. The molecule has 1 rings (SSSR count). The summed E-state index contributed by atoms with van der Waals surface area (Å²) in [6, 6.07) is 6.55. The maximum atomic E-state index is 5.85. The SMILES string of the molecule is COCCSc1ccc(Br)cc1CC(C)N. The lowest BCUT2D eigenvalue weighted by Gasteiger charge is -2.11. The van der Waals surface area contributed by atoms with Crippen molar-refractivity contribution >= 4 is 27.7 Å². The predicted molar refractivity (Wildman–Crippen MR) is 74.1 cm³/mol. The molecule has 0 amide bonds. The molecule has 1 aromatic carbocycles. The second kappa shape index (κ2) is 7.33. The van der Waals surface area contributed by atoms with E-state index in [1.807, 2.05) is 18.7 Å². The minimum absolute atomic E-state index is 0.191. The standard InChI is InChI=1S/C12H18BrNOS/c1-9(14)7-10-8-11(13)3-4-12(10)16-6-5-15-2/h3-4,8-9H,5-7,14H2,1-2H3. The number of rotatable bonds is 6. The van der Waals surface area contributed by atoms with Gasteiger partial charge in [0.05, 0.1) is 6.61 Å². The van der Waals surface area contributed by atoms with Gasteiger partial charge in [-0.3, -0.25) is 0 Å². The van der Waals surface area contributed by atoms with Crippen molar-refractivity contribution in [3.8, 4) is 0 Å². The summed E-state index contributed by atoms with van der Waals surface area (Å²) in [5.74, 6) is 0.976. The van der Waals surface area contributed by atoms with Crippen LogP contribution in [0, 0.1) is 0 Å². The smallest absolute Gasteiger partial charge is 0.0556 e. The van der Waals surface area contributed by atoms with Crippen molar-refractivity contribution < 1.29 is 4.74 Å². The highest BCUT2D eigenvalue weighted by atomic mass is 79.9. The number of ether oxygens (including phenoxy) is 1. The van der Waals surface area contributed by atoms with Gasteiger partial charge in [0.25, 0.3) is 0 Å². The maximum Gasteiger partial charge on any atom is 0.0556 e. The summed E-state index contributed by atoms with van der Waals surface area (Å²) in [5, 5.41) is 0. The number of thioether (sulfide) groups is 1. The van der Waals surface area contributed by atoms with E-state index in [-0.39, 0.29) is 6.04 Å². The van der Waals surface area contributed by atoms with Gasteiger partial charge in [-0.2, -0.15) is 0 Å². The van der Waals surface area contributed by atoms with E-state index in [1.165, 1.54) is 10.5 Å². The third-order valence-corrected chi connectivity index (χ3v) is 3.68. The van der Waals surface area contributed by atoms with E-state index in [9.17, 15) is 0 Å². The Kier molecular flexibility index (Phi) is 6.43. The van der Waals surface area contributed by atoms with Crippen LogP contribution in [-0.4, -0.2) is 25.5 Å². The molecule has 0 aliphatic heterocycles. The molecule has 0 spiro atoms. The zero-order chi connectivity index (χ0) is 12.0. The Morgan fingerprint density at radius 1 is 1.50 bits per heavy atom. The molecule has 1 atom stereocenters. The van der Waals surface area contributed by atoms with Gasteiger partial charge in [0.15, 0.2) is 0 Å². The average molecular weight is 304 g/mol. The van der Waals surface area contributed by atoms with Crippen LogP contribution >= 0.6 is 27.7 Å². The topological polar surface area (TPSA) is 35.2 Å². The first-order valence-corrected chi connectivity index (χ1v) is 7.07. The molecule has 0 saturated carbocycles. The summed E-state index contributed by atoms with van der Waals surface area (Å²) in [6.07, 6.45) is 0.911. The van der Waals surface area contributed by atoms with Crippen molar-refractivity contribution in [1.82, 2.24) is 0 Å². The summed E-state index contributed by atoms with van der Waals surface area (Å²) in [5.41, 5.74) is 7.16. The highest BCUT2D eigenvalue weighted by Gasteiger charge is 2.06. The third kappa shape index (κ3) is 4.87. The Balaban J connectivity index is 2.72. The zero-order valence-corrected chi connectivity index (χ0v) is 12.1. The van der Waals surface area contributed by atoms with Crippen LogP contribution in [0.3, 0.4) is 0 Å². The Bertz CT molecular complexity index is 331. The van der Waals surface area contributed by atoms with Gasteiger partial charge in [-0.1, -0.05) is 15.9 Å². The van der Waals surface area contributed by atoms with Crippen LogP contribution < -0.4 is 5.73 Å². The van der Waals surface area contributed by atoms with Gasteiger partial charge in [0.1, 0.15) is 0 Å². The average Bonchev–Trinajstić information content (AvgIpc) is 2.20. The Labute approximate surface area is 110 Å². The maximum absolute atomic E-state index is 5.85. The number of hydrogen-bond acceptors (Lipinski definition) is 3. The number of hydrogen-bond donors (Lipinski definition) is 1. The molecule has 0 radical (unpaired) electrons. The molecular formula is C12H18BrNOS. The van der Waals surface area contributed by atoms with Crippen LogP contribution in [0.4, 0.5) is 0 Å². The summed E-state index contributed by atoms with van der Waals surface area (Å²) in [7, 11) is 1.73. The minimum Gasteiger partial charge on any atom is -0.384 e. The second-order valence-electron chi connectivity index (χ2n) is 3.77. The first-order valence-electron chi connectivity index (χ1n) is 5.29. The second-order valence-corrected chi connectivity index (χ2v) is 5.83. The van der Waals surface area contributed by atoms with Crippen LogP contribution in [0.15, 0.2) is 27.6 Å². The zero-order valence-electron chi connectivity index (χ0n) is 9.70. The molecule has 0 aliphatic carbocycles. The molecule has 0 fully saturated rings. The molecule has 1 aromatic rings. The molecule has 0 bridgehead atoms. The normalized spacial score (nSPS) is 12.8. The van der Waals surface area contributed by atoms with E-state index in [0.29, 0.717) is 0 Å². The highest BCUT2D eigenvalue weighted by molar-refractivity contribution is 9.10. The van der Waals surface area contributed by atoms with E-state index in [4.69, 9.17) is 10.5 Å². The van der Waals surface area contributed by atoms with E-state index >= 15 is 0 Å². The molecule has 0 aliphatic rings. The molecule has 1 unspecified atom stereocenters. The van der Waals surface area contributed by atoms with Gasteiger partial charge in [-0.05, 0) is 37.1 Å². The molecular weight excluding hydrogens is 286 g/mol. The molecule has 16 heavy (non-hydrogen) atoms. The number of halogens is 1. The van der Waals surface area contributed by atoms with Gasteiger partial charge in [-0.15, -0.1) is 11.8 Å². The van der Waals surface area contributed by atoms with E-state index in [0.717, 1.165) is 23.3 Å². The van der Waals surface area contributed by atoms with Crippen molar-refractivity contribution in [1.29, 1.82) is 0 Å². The number of benzene rings is 1. The van der Waals surface area contributed by atoms with Crippen LogP contribution in [-0.2, 0) is 11.2 Å². The number of methoxy groups -OCH3 is 1. The van der Waals surface area contributed by atoms with Crippen LogP contribution in [0.5, 0.6) is 0 Å². The lowest BCUT2D eigenvalue weighted by Crippen LogP contribution is -2.18. The van der Waals surface area contributed by atoms with E-state index < -0.39 is 0 Å². The van der Waals surface area contributed by atoms with Crippen molar-refractivity contribution in [3.63, 3.8) is 0 Å². The first-order chi connectivity index (χ1) is 7.63. The van der Waals surface area contributed by atoms with Crippen molar-refractivity contribution in [3.05, 3.63) is 28.2 Å². The molecule has 0 saturated heterocycles. The Morgan fingerprint density at radius 3 is 2.88 bits per heavy atom. The lowest BCUT2D eigenvalue weighted by molar-refractivity contribution is 0.218. The Morgan fingerprint density at radius 2 is 2.25 bits per heavy atom. The fraction of sp³-hybridized carbons (Fsp3) is 0.500. The van der Waals surface area contributed by atoms with Crippen LogP contribution in [0.2, 0.25) is 0 Å². The van der Waals surface area contributed by atoms with Gasteiger partial charge < -0.3 is 10.5 Å². The van der Waals surface area contributed by atoms with E-state index in [2.05, 4.69) is 34.1 Å². The van der Waals surface area contributed by atoms with Gasteiger partial charge in [0, 0.05) is 28.3 Å². The van der Waals surface area contributed by atoms with Crippen molar-refractivity contribution in [2.75, 3.05) is 19.5 Å². The molecule has 4 heteroatoms. The van der Waals surface area contributed by atoms with Crippen LogP contribution in [0.1, 0.15) is 12.5 Å². The molecule has 2 nitrogen and oxygen atoms in total. The molecule has 2 N–H and O–H groups in total. The van der Waals surface area contributed by atoms with Crippen molar-refractivity contribution in [2.45, 2.75) is 24.3 Å². The van der Waals surface area contributed by atoms with Crippen molar-refractivity contribution in [2.24, 2.45) is 5.73 Å². The van der Waals surface area contributed by atoms with E-state index in [1.54, 1.807) is 7.11 Å². The molecule has 0 heterocycles. The molecule has 0 aromatic heterocycles. The summed E-state index contributed by atoms with van der Waals surface area (Å²) in [4.78, 5) is 1.30. The molecule has 90 valence electrons. The van der Waals surface area contributed by atoms with Gasteiger partial charge in [-0.25, -0.2) is 0 Å². The van der Waals surface area contributed by atoms with Gasteiger partial charge >= 0.3 is 0 Å². The summed E-state index contributed by atoms with van der Waals surface area (Å²) < 4.78 is 6.16. The number of nitrogens with two attached hydrogens (primary N) is 1. The highest BCUT2D eigenvalue weighted by Crippen LogP contribution is 2.26. The lowest BCUT2D eigenvalue weighted by atomic mass is 10.1.